The van der Waals surface area contributed by atoms with E-state index in [1.807, 2.05) is 0 Å². The Morgan fingerprint density at radius 2 is 2.17 bits per heavy atom. The molecule has 0 aliphatic heterocycles. The van der Waals surface area contributed by atoms with Gasteiger partial charge in [-0.3, -0.25) is 8.76 Å². The molecule has 12 heavy (non-hydrogen) atoms. The van der Waals surface area contributed by atoms with Crippen LogP contribution in [0, 0.1) is 5.92 Å². The Balaban J connectivity index is 2.30. The second-order valence-corrected chi connectivity index (χ2v) is 5.50. The van der Waals surface area contributed by atoms with Crippen LogP contribution >= 0.6 is 0 Å². The minimum absolute atomic E-state index is 0.0311. The van der Waals surface area contributed by atoms with E-state index in [-0.39, 0.29) is 11.7 Å². The molecule has 72 valence electrons. The van der Waals surface area contributed by atoms with Crippen LogP contribution in [0.3, 0.4) is 0 Å². The summed E-state index contributed by atoms with van der Waals surface area (Å²) >= 11 is -2.11. The average Bonchev–Trinajstić information content (AvgIpc) is 2.59. The lowest BCUT2D eigenvalue weighted by molar-refractivity contribution is 0.478. The van der Waals surface area contributed by atoms with Gasteiger partial charge in [0.15, 0.2) is 0 Å². The second-order valence-electron chi connectivity index (χ2n) is 2.85. The van der Waals surface area contributed by atoms with Gasteiger partial charge in [0.05, 0.1) is 5.25 Å². The van der Waals surface area contributed by atoms with Crippen LogP contribution in [-0.2, 0) is 21.2 Å². The third-order valence-corrected chi connectivity index (χ3v) is 3.81. The normalized spacial score (nSPS) is 31.5. The highest BCUT2D eigenvalue weighted by Gasteiger charge is 2.45. The zero-order valence-corrected chi connectivity index (χ0v) is 7.81. The monoisotopic (exact) mass is 213 g/mol. The molecule has 0 heterocycles. The van der Waals surface area contributed by atoms with Crippen molar-refractivity contribution in [1.82, 2.24) is 0 Å². The maximum atomic E-state index is 10.5. The first-order chi connectivity index (χ1) is 5.41. The van der Waals surface area contributed by atoms with Crippen molar-refractivity contribution >= 4 is 21.2 Å². The Kier molecular flexibility index (Phi) is 2.87. The van der Waals surface area contributed by atoms with E-state index in [2.05, 4.69) is 0 Å². The molecule has 1 saturated carbocycles. The number of rotatable bonds is 4. The quantitative estimate of drug-likeness (QED) is 0.503. The van der Waals surface area contributed by atoms with Gasteiger partial charge in [-0.25, -0.2) is 0 Å². The van der Waals surface area contributed by atoms with Gasteiger partial charge in [0, 0.05) is 5.75 Å². The Labute approximate surface area is 73.2 Å². The van der Waals surface area contributed by atoms with Gasteiger partial charge in [0.2, 0.25) is 0 Å². The molecule has 5 nitrogen and oxygen atoms in total. The molecule has 0 saturated heterocycles. The third-order valence-electron chi connectivity index (χ3n) is 1.90. The van der Waals surface area contributed by atoms with Crippen LogP contribution < -0.4 is 0 Å². The molecule has 0 aromatic heterocycles. The summed E-state index contributed by atoms with van der Waals surface area (Å²) in [5, 5.41) is -0.721. The standard InChI is InChI=1S/C5H10O5S2/c6-11(7)2-1-4-3-5(4)12(8,9)10/h4-5H,1-3H2,(H,6,7)(H,8,9,10)/p-1. The SMILES string of the molecule is O=S([O-])CCC1CC1S(=O)(=O)O. The number of hydrogen-bond donors (Lipinski definition) is 1. The van der Waals surface area contributed by atoms with Crippen molar-refractivity contribution < 1.29 is 21.7 Å². The van der Waals surface area contributed by atoms with Gasteiger partial charge in [-0.05, 0) is 18.8 Å². The van der Waals surface area contributed by atoms with Crippen molar-refractivity contribution in [3.8, 4) is 0 Å². The van der Waals surface area contributed by atoms with Crippen LogP contribution in [0.1, 0.15) is 12.8 Å². The fraction of sp³-hybridized carbons (Fsp3) is 1.00. The molecule has 1 N–H and O–H groups in total. The molecule has 1 aliphatic carbocycles. The van der Waals surface area contributed by atoms with E-state index >= 15 is 0 Å². The summed E-state index contributed by atoms with van der Waals surface area (Å²) in [5.41, 5.74) is 0. The molecule has 0 amide bonds. The van der Waals surface area contributed by atoms with Crippen molar-refractivity contribution in [2.45, 2.75) is 18.1 Å². The zero-order chi connectivity index (χ0) is 9.35. The van der Waals surface area contributed by atoms with Crippen molar-refractivity contribution in [1.29, 1.82) is 0 Å². The van der Waals surface area contributed by atoms with E-state index in [1.54, 1.807) is 0 Å². The van der Waals surface area contributed by atoms with Crippen LogP contribution in [0.4, 0.5) is 0 Å². The largest absolute Gasteiger partial charge is 0.772 e. The Hall–Kier alpha value is 0.0200. The Morgan fingerprint density at radius 3 is 2.50 bits per heavy atom. The fourth-order valence-electron chi connectivity index (χ4n) is 1.14. The first-order valence-electron chi connectivity index (χ1n) is 3.43. The molecule has 1 fully saturated rings. The van der Waals surface area contributed by atoms with Crippen molar-refractivity contribution in [2.24, 2.45) is 5.92 Å². The highest BCUT2D eigenvalue weighted by atomic mass is 32.2. The smallest absolute Gasteiger partial charge is 0.268 e. The summed E-state index contributed by atoms with van der Waals surface area (Å²) in [6.45, 7) is 0. The Bertz CT molecular complexity index is 282. The highest BCUT2D eigenvalue weighted by Crippen LogP contribution is 2.39. The van der Waals surface area contributed by atoms with Crippen LogP contribution in [0.5, 0.6) is 0 Å². The van der Waals surface area contributed by atoms with E-state index in [9.17, 15) is 17.2 Å². The van der Waals surface area contributed by atoms with Crippen molar-refractivity contribution in [3.05, 3.63) is 0 Å². The van der Waals surface area contributed by atoms with E-state index in [4.69, 9.17) is 4.55 Å². The summed E-state index contributed by atoms with van der Waals surface area (Å²) in [6.07, 6.45) is 0.705. The first kappa shape index (κ1) is 10.1. The molecule has 7 heteroatoms. The van der Waals surface area contributed by atoms with Crippen LogP contribution in [0.15, 0.2) is 0 Å². The molecule has 3 atom stereocenters. The van der Waals surface area contributed by atoms with E-state index < -0.39 is 26.4 Å². The summed E-state index contributed by atoms with van der Waals surface area (Å²) in [6, 6.07) is 0. The molecule has 0 bridgehead atoms. The lowest BCUT2D eigenvalue weighted by atomic mass is 10.3. The van der Waals surface area contributed by atoms with Crippen LogP contribution in [0.2, 0.25) is 0 Å². The van der Waals surface area contributed by atoms with Crippen molar-refractivity contribution in [3.63, 3.8) is 0 Å². The molecule has 0 aromatic carbocycles. The summed E-state index contributed by atoms with van der Waals surface area (Å²) in [4.78, 5) is 0. The molecule has 1 aliphatic rings. The average molecular weight is 213 g/mol. The van der Waals surface area contributed by atoms with Crippen LogP contribution in [0.25, 0.3) is 0 Å². The fourth-order valence-corrected chi connectivity index (χ4v) is 2.74. The maximum Gasteiger partial charge on any atom is 0.268 e. The number of hydrogen-bond acceptors (Lipinski definition) is 4. The van der Waals surface area contributed by atoms with Gasteiger partial charge < -0.3 is 4.55 Å². The second kappa shape index (κ2) is 3.41. The first-order valence-corrected chi connectivity index (χ1v) is 6.18. The lowest BCUT2D eigenvalue weighted by Crippen LogP contribution is -2.08. The summed E-state index contributed by atoms with van der Waals surface area (Å²) in [5.74, 6) is -0.200. The van der Waals surface area contributed by atoms with Gasteiger partial charge in [0.1, 0.15) is 0 Å². The van der Waals surface area contributed by atoms with Crippen LogP contribution in [-0.4, -0.2) is 32.7 Å². The van der Waals surface area contributed by atoms with Gasteiger partial charge in [-0.2, -0.15) is 8.42 Å². The van der Waals surface area contributed by atoms with Gasteiger partial charge in [-0.15, -0.1) is 0 Å². The minimum Gasteiger partial charge on any atom is -0.772 e. The van der Waals surface area contributed by atoms with Gasteiger partial charge >= 0.3 is 0 Å². The predicted molar refractivity (Wildman–Crippen MR) is 41.8 cm³/mol. The Morgan fingerprint density at radius 1 is 1.58 bits per heavy atom. The predicted octanol–water partition coefficient (Wildman–Crippen LogP) is -0.468. The van der Waals surface area contributed by atoms with Gasteiger partial charge in [-0.1, -0.05) is 11.1 Å². The molecular weight excluding hydrogens is 204 g/mol. The molecule has 0 spiro atoms. The zero-order valence-electron chi connectivity index (χ0n) is 6.17. The molecule has 0 aromatic rings. The molecule has 0 radical (unpaired) electrons. The maximum absolute atomic E-state index is 10.5. The van der Waals surface area contributed by atoms with E-state index in [1.165, 1.54) is 0 Å². The molecule has 3 unspecified atom stereocenters. The van der Waals surface area contributed by atoms with Crippen molar-refractivity contribution in [2.75, 3.05) is 5.75 Å². The molecule has 1 rings (SSSR count). The summed E-state index contributed by atoms with van der Waals surface area (Å²) in [7, 11) is -3.93. The lowest BCUT2D eigenvalue weighted by Gasteiger charge is -2.02. The minimum atomic E-state index is -3.93. The summed E-state index contributed by atoms with van der Waals surface area (Å²) < 4.78 is 49.6. The third kappa shape index (κ3) is 2.81. The van der Waals surface area contributed by atoms with E-state index in [0.29, 0.717) is 12.8 Å². The molecular formula is C5H9O5S2-. The topological polar surface area (TPSA) is 94.5 Å². The van der Waals surface area contributed by atoms with E-state index in [0.717, 1.165) is 0 Å². The highest BCUT2D eigenvalue weighted by molar-refractivity contribution is 7.86. The van der Waals surface area contributed by atoms with Gasteiger partial charge in [0.25, 0.3) is 10.1 Å².